The Morgan fingerprint density at radius 3 is 1.48 bits per heavy atom. The van der Waals surface area contributed by atoms with Crippen LogP contribution in [0.3, 0.4) is 0 Å². The molecular weight excluding hydrogens is 546 g/mol. The number of rotatable bonds is 1. The van der Waals surface area contributed by atoms with E-state index < -0.39 is 5.82 Å². The molecule has 0 heterocycles. The van der Waals surface area contributed by atoms with Gasteiger partial charge in [-0.25, -0.2) is 8.78 Å². The van der Waals surface area contributed by atoms with E-state index in [1.165, 1.54) is 31.4 Å². The van der Waals surface area contributed by atoms with Crippen LogP contribution in [-0.4, -0.2) is 12.2 Å². The van der Waals surface area contributed by atoms with Crippen LogP contribution in [0, 0.1) is 11.6 Å². The van der Waals surface area contributed by atoms with Crippen molar-refractivity contribution in [1.82, 2.24) is 0 Å². The van der Waals surface area contributed by atoms with E-state index in [0.717, 1.165) is 0 Å². The summed E-state index contributed by atoms with van der Waals surface area (Å²) in [4.78, 5) is 0. The fraction of sp³-hybridized carbons (Fsp3) is 0.0769. The first kappa shape index (κ1) is 18.9. The Morgan fingerprint density at radius 1 is 0.810 bits per heavy atom. The van der Waals surface area contributed by atoms with Crippen LogP contribution in [0.5, 0.6) is 11.5 Å². The summed E-state index contributed by atoms with van der Waals surface area (Å²) in [5.74, 6) is -0.0751. The maximum Gasteiger partial charge on any atom is 0.147 e. The van der Waals surface area contributed by atoms with Gasteiger partial charge in [0.15, 0.2) is 0 Å². The van der Waals surface area contributed by atoms with Crippen molar-refractivity contribution >= 4 is 63.7 Å². The zero-order valence-electron chi connectivity index (χ0n) is 10.4. The molecule has 0 aliphatic rings. The van der Waals surface area contributed by atoms with Gasteiger partial charge in [0.2, 0.25) is 0 Å². The highest BCUT2D eigenvalue weighted by Crippen LogP contribution is 2.34. The highest BCUT2D eigenvalue weighted by atomic mass is 79.9. The fourth-order valence-corrected chi connectivity index (χ4v) is 3.84. The number of halogens is 6. The van der Waals surface area contributed by atoms with Gasteiger partial charge < -0.3 is 9.84 Å². The van der Waals surface area contributed by atoms with Crippen molar-refractivity contribution in [2.75, 3.05) is 7.11 Å². The maximum absolute atomic E-state index is 12.6. The summed E-state index contributed by atoms with van der Waals surface area (Å²) in [7, 11) is 1.53. The highest BCUT2D eigenvalue weighted by molar-refractivity contribution is 9.11. The van der Waals surface area contributed by atoms with E-state index in [1.54, 1.807) is 0 Å². The molecule has 0 atom stereocenters. The predicted octanol–water partition coefficient (Wildman–Crippen LogP) is 6.42. The molecule has 2 nitrogen and oxygen atoms in total. The number of phenols is 1. The summed E-state index contributed by atoms with van der Waals surface area (Å²) in [6.07, 6.45) is 0. The van der Waals surface area contributed by atoms with Crippen LogP contribution >= 0.6 is 63.7 Å². The highest BCUT2D eigenvalue weighted by Gasteiger charge is 2.06. The topological polar surface area (TPSA) is 29.5 Å². The first-order chi connectivity index (χ1) is 9.76. The molecule has 8 heteroatoms. The maximum atomic E-state index is 12.6. The van der Waals surface area contributed by atoms with Gasteiger partial charge in [0, 0.05) is 0 Å². The molecule has 0 amide bonds. The van der Waals surface area contributed by atoms with E-state index >= 15 is 0 Å². The van der Waals surface area contributed by atoms with Crippen molar-refractivity contribution in [3.63, 3.8) is 0 Å². The van der Waals surface area contributed by atoms with Gasteiger partial charge in [-0.3, -0.25) is 0 Å². The monoisotopic (exact) mass is 550 g/mol. The van der Waals surface area contributed by atoms with Crippen molar-refractivity contribution < 1.29 is 18.6 Å². The van der Waals surface area contributed by atoms with Crippen LogP contribution in [0.4, 0.5) is 8.78 Å². The second kappa shape index (κ2) is 8.45. The van der Waals surface area contributed by atoms with Crippen molar-refractivity contribution in [1.29, 1.82) is 0 Å². The molecule has 0 radical (unpaired) electrons. The minimum atomic E-state index is -0.392. The summed E-state index contributed by atoms with van der Waals surface area (Å²) >= 11 is 12.3. The van der Waals surface area contributed by atoms with E-state index in [0.29, 0.717) is 23.6 Å². The number of hydrogen-bond donors (Lipinski definition) is 1. The van der Waals surface area contributed by atoms with Crippen molar-refractivity contribution in [2.45, 2.75) is 0 Å². The van der Waals surface area contributed by atoms with Gasteiger partial charge in [-0.2, -0.15) is 0 Å². The minimum Gasteiger partial charge on any atom is -0.506 e. The molecule has 2 aromatic carbocycles. The minimum absolute atomic E-state index is 0.0152. The zero-order chi connectivity index (χ0) is 16.2. The molecule has 2 aromatic rings. The fourth-order valence-electron chi connectivity index (χ4n) is 1.26. The van der Waals surface area contributed by atoms with Gasteiger partial charge in [0.05, 0.1) is 25.0 Å². The van der Waals surface area contributed by atoms with E-state index in [2.05, 4.69) is 63.7 Å². The second-order valence-electron chi connectivity index (χ2n) is 3.62. The predicted molar refractivity (Wildman–Crippen MR) is 91.8 cm³/mol. The van der Waals surface area contributed by atoms with Gasteiger partial charge >= 0.3 is 0 Å². The quantitative estimate of drug-likeness (QED) is 0.442. The van der Waals surface area contributed by atoms with Crippen LogP contribution in [0.2, 0.25) is 0 Å². The molecule has 114 valence electrons. The number of aromatic hydroxyl groups is 1. The molecule has 0 bridgehead atoms. The van der Waals surface area contributed by atoms with E-state index in [4.69, 9.17) is 9.84 Å². The lowest BCUT2D eigenvalue weighted by atomic mass is 10.3. The molecule has 0 aliphatic heterocycles. The largest absolute Gasteiger partial charge is 0.506 e. The third kappa shape index (κ3) is 5.50. The van der Waals surface area contributed by atoms with Gasteiger partial charge in [-0.05, 0) is 88.0 Å². The molecule has 0 aromatic heterocycles. The van der Waals surface area contributed by atoms with Crippen LogP contribution in [0.1, 0.15) is 0 Å². The molecule has 0 fully saturated rings. The van der Waals surface area contributed by atoms with Crippen LogP contribution < -0.4 is 4.74 Å². The number of phenolic OH excluding ortho intramolecular Hbond substituents is 1. The van der Waals surface area contributed by atoms with Crippen molar-refractivity contribution in [3.8, 4) is 11.5 Å². The Balaban J connectivity index is 0.000000211. The Kier molecular flexibility index (Phi) is 7.59. The lowest BCUT2D eigenvalue weighted by Crippen LogP contribution is -1.87. The molecule has 0 unspecified atom stereocenters. The molecular formula is C13H8Br4F2O2. The smallest absolute Gasteiger partial charge is 0.147 e. The summed E-state index contributed by atoms with van der Waals surface area (Å²) in [5, 5.41) is 9.07. The SMILES string of the molecule is COc1c(Br)cc(F)cc1Br.Oc1c(Br)cc(F)cc1Br. The lowest BCUT2D eigenvalue weighted by molar-refractivity contribution is 0.408. The number of benzene rings is 2. The zero-order valence-corrected chi connectivity index (χ0v) is 16.8. The first-order valence-electron chi connectivity index (χ1n) is 5.28. The lowest BCUT2D eigenvalue weighted by Gasteiger charge is -2.04. The normalized spacial score (nSPS) is 9.86. The number of hydrogen-bond acceptors (Lipinski definition) is 2. The first-order valence-corrected chi connectivity index (χ1v) is 8.45. The number of methoxy groups -OCH3 is 1. The summed E-state index contributed by atoms with van der Waals surface area (Å²) in [6, 6.07) is 5.09. The summed E-state index contributed by atoms with van der Waals surface area (Å²) in [6.45, 7) is 0. The third-order valence-corrected chi connectivity index (χ3v) is 4.54. The van der Waals surface area contributed by atoms with Gasteiger partial charge in [-0.15, -0.1) is 0 Å². The average molecular weight is 554 g/mol. The van der Waals surface area contributed by atoms with Gasteiger partial charge in [0.25, 0.3) is 0 Å². The molecule has 0 saturated heterocycles. The Hall–Kier alpha value is -0.180. The molecule has 0 aliphatic carbocycles. The van der Waals surface area contributed by atoms with Gasteiger partial charge in [0.1, 0.15) is 23.1 Å². The second-order valence-corrected chi connectivity index (χ2v) is 7.04. The molecule has 2 rings (SSSR count). The van der Waals surface area contributed by atoms with Crippen molar-refractivity contribution in [2.24, 2.45) is 0 Å². The Bertz CT molecular complexity index is 604. The Labute approximate surface area is 154 Å². The standard InChI is InChI=1S/C7H5Br2FO.C6H3Br2FO/c1-11-7-5(8)2-4(10)3-6(7)9;7-4-1-3(9)2-5(8)6(4)10/h2-3H,1H3;1-2,10H. The van der Waals surface area contributed by atoms with Crippen LogP contribution in [0.25, 0.3) is 0 Å². The van der Waals surface area contributed by atoms with E-state index in [-0.39, 0.29) is 11.6 Å². The van der Waals surface area contributed by atoms with Gasteiger partial charge in [-0.1, -0.05) is 0 Å². The molecule has 0 saturated carbocycles. The average Bonchev–Trinajstić information content (AvgIpc) is 2.36. The van der Waals surface area contributed by atoms with E-state index in [1.807, 2.05) is 0 Å². The molecule has 0 spiro atoms. The van der Waals surface area contributed by atoms with Crippen LogP contribution in [0.15, 0.2) is 42.2 Å². The van der Waals surface area contributed by atoms with Crippen molar-refractivity contribution in [3.05, 3.63) is 53.8 Å². The molecule has 1 N–H and O–H groups in total. The summed E-state index contributed by atoms with van der Waals surface area (Å²) < 4.78 is 31.9. The Morgan fingerprint density at radius 2 is 1.14 bits per heavy atom. The van der Waals surface area contributed by atoms with E-state index in [9.17, 15) is 8.78 Å². The summed E-state index contributed by atoms with van der Waals surface area (Å²) in [5.41, 5.74) is 0. The molecule has 21 heavy (non-hydrogen) atoms. The van der Waals surface area contributed by atoms with Crippen LogP contribution in [-0.2, 0) is 0 Å². The number of ether oxygens (including phenoxy) is 1. The third-order valence-electron chi connectivity index (χ3n) is 2.15.